The topological polar surface area (TPSA) is 0 Å². The summed E-state index contributed by atoms with van der Waals surface area (Å²) in [7, 11) is 5.14. The van der Waals surface area contributed by atoms with Crippen LogP contribution in [-0.4, -0.2) is 7.85 Å². The van der Waals surface area contributed by atoms with Gasteiger partial charge in [-0.3, -0.25) is 0 Å². The van der Waals surface area contributed by atoms with Crippen LogP contribution in [0.5, 0.6) is 0 Å². The second kappa shape index (κ2) is 9.18. The molecule has 0 bridgehead atoms. The fourth-order valence-electron chi connectivity index (χ4n) is 0.204. The zero-order chi connectivity index (χ0) is 4.12. The van der Waals surface area contributed by atoms with E-state index >= 15 is 0 Å². The summed E-state index contributed by atoms with van der Waals surface area (Å²) in [4.78, 5) is 0. The van der Waals surface area contributed by atoms with Crippen LogP contribution in [0, 0.1) is 0 Å². The zero-order valence-corrected chi connectivity index (χ0v) is 4.70. The van der Waals surface area contributed by atoms with Crippen molar-refractivity contribution in [3.63, 3.8) is 0 Å². The summed E-state index contributed by atoms with van der Waals surface area (Å²) in [5.74, 6) is 0. The molecule has 0 aliphatic heterocycles. The molecule has 0 rings (SSSR count). The molecule has 0 aliphatic carbocycles. The third kappa shape index (κ3) is 8.82. The van der Waals surface area contributed by atoms with E-state index < -0.39 is 0 Å². The van der Waals surface area contributed by atoms with Crippen LogP contribution in [0.3, 0.4) is 0 Å². The minimum atomic E-state index is 0. The van der Waals surface area contributed by atoms with Crippen LogP contribution in [0.4, 0.5) is 0 Å². The minimum Gasteiger partial charge on any atom is -1.00 e. The summed E-state index contributed by atoms with van der Waals surface area (Å²) in [6, 6.07) is 0. The normalized spacial score (nSPS) is 7.17. The monoisotopic (exact) mass is 78.1 g/mol. The molecule has 0 spiro atoms. The molecule has 0 saturated heterocycles. The summed E-state index contributed by atoms with van der Waals surface area (Å²) in [5.41, 5.74) is 0. The molecule has 32 valence electrons. The number of hydrogen-bond acceptors (Lipinski definition) is 0. The van der Waals surface area contributed by atoms with Crippen LogP contribution in [0.15, 0.2) is 0 Å². The van der Waals surface area contributed by atoms with Gasteiger partial charge in [-0.15, -0.1) is 0 Å². The molecule has 0 fully saturated rings. The van der Waals surface area contributed by atoms with Gasteiger partial charge in [-0.05, 0) is 0 Å². The second-order valence-corrected chi connectivity index (χ2v) is 1.14. The van der Waals surface area contributed by atoms with Gasteiger partial charge in [-0.25, -0.2) is 0 Å². The number of unbranched alkanes of at least 4 members (excludes halogenated alkanes) is 1. The van der Waals surface area contributed by atoms with Gasteiger partial charge in [-0.1, -0.05) is 0 Å². The van der Waals surface area contributed by atoms with E-state index in [1.54, 1.807) is 0 Å². The molecule has 0 aromatic carbocycles. The molecule has 0 unspecified atom stereocenters. The Balaban J connectivity index is -0.0000000133. The zero-order valence-electron chi connectivity index (χ0n) is 7.70. The molecule has 0 atom stereocenters. The summed E-state index contributed by atoms with van der Waals surface area (Å²) in [6.07, 6.45) is 3.23. The van der Waals surface area contributed by atoms with Crippen LogP contribution >= 0.6 is 0 Å². The molecule has 0 aromatic heterocycles. The first-order chi connectivity index (χ1) is 2.41. The van der Waals surface area contributed by atoms with Crippen LogP contribution in [0.25, 0.3) is 0 Å². The van der Waals surface area contributed by atoms with Gasteiger partial charge in [0.2, 0.25) is 0 Å². The van der Waals surface area contributed by atoms with Gasteiger partial charge < -0.3 is 4.28 Å². The second-order valence-electron chi connectivity index (χ2n) is 1.14. The van der Waals surface area contributed by atoms with Gasteiger partial charge in [-0.2, -0.15) is 0 Å². The van der Waals surface area contributed by atoms with E-state index in [9.17, 15) is 0 Å². The van der Waals surface area contributed by atoms with E-state index in [-0.39, 0.29) is 23.1 Å². The fraction of sp³-hybridized carbons (Fsp3) is 1.00. The van der Waals surface area contributed by atoms with E-state index in [2.05, 4.69) is 6.92 Å². The van der Waals surface area contributed by atoms with Gasteiger partial charge in [0.15, 0.2) is 0 Å². The van der Waals surface area contributed by atoms with Gasteiger partial charge in [0.25, 0.3) is 0 Å². The van der Waals surface area contributed by atoms with Gasteiger partial charge in [0.1, 0.15) is 0 Å². The first kappa shape index (κ1) is 9.83. The van der Waals surface area contributed by atoms with Gasteiger partial charge in [0.05, 0.1) is 0 Å². The van der Waals surface area contributed by atoms with Crippen LogP contribution < -0.4 is 18.9 Å². The maximum Gasteiger partial charge on any atom is 1.00 e. The Labute approximate surface area is 57.7 Å². The number of hydrogen-bond donors (Lipinski definition) is 0. The molecule has 0 amide bonds. The van der Waals surface area contributed by atoms with Crippen molar-refractivity contribution in [1.29, 1.82) is 0 Å². The average molecular weight is 77.9 g/mol. The maximum atomic E-state index is 5.14. The van der Waals surface area contributed by atoms with E-state index in [1.807, 2.05) is 0 Å². The van der Waals surface area contributed by atoms with E-state index in [0.29, 0.717) is 0 Å². The molecule has 2 heteroatoms. The van der Waals surface area contributed by atoms with Crippen molar-refractivity contribution in [3.8, 4) is 0 Å². The SMILES string of the molecule is [B+2]CCCC.[H-].[H-].[H-].[Li+]. The van der Waals surface area contributed by atoms with Crippen molar-refractivity contribution in [2.75, 3.05) is 0 Å². The molecule has 6 heavy (non-hydrogen) atoms. The molecular formula is C4H12BLi. The Morgan fingerprint density at radius 2 is 2.17 bits per heavy atom. The minimum absolute atomic E-state index is 0. The van der Waals surface area contributed by atoms with Crippen LogP contribution in [0.1, 0.15) is 24.0 Å². The third-order valence-electron chi connectivity index (χ3n) is 0.558. The average Bonchev–Trinajstić information content (AvgIpc) is 1.41. The van der Waals surface area contributed by atoms with Crippen LogP contribution in [-0.2, 0) is 0 Å². The summed E-state index contributed by atoms with van der Waals surface area (Å²) >= 11 is 0. The van der Waals surface area contributed by atoms with E-state index in [1.165, 1.54) is 12.8 Å². The first-order valence-electron chi connectivity index (χ1n) is 2.12. The van der Waals surface area contributed by atoms with Gasteiger partial charge in [0, 0.05) is 0 Å². The van der Waals surface area contributed by atoms with Crippen molar-refractivity contribution < 1.29 is 23.1 Å². The van der Waals surface area contributed by atoms with Gasteiger partial charge >= 0.3 is 52.8 Å². The van der Waals surface area contributed by atoms with Crippen molar-refractivity contribution >= 4 is 7.85 Å². The largest absolute Gasteiger partial charge is 1.00 e. The standard InChI is InChI=1S/C4H9B.Li.3H/c1-2-3-4-5;;;;/h2-4H2,1H3;;;;/q+2;+1;3*-1. The molecule has 0 heterocycles. The Hall–Kier alpha value is 0.662. The molecule has 0 aliphatic rings. The van der Waals surface area contributed by atoms with Crippen molar-refractivity contribution in [2.24, 2.45) is 0 Å². The molecule has 0 radical (unpaired) electrons. The van der Waals surface area contributed by atoms with E-state index in [0.717, 1.165) is 6.32 Å². The van der Waals surface area contributed by atoms with Crippen molar-refractivity contribution in [2.45, 2.75) is 26.1 Å². The molecule has 0 nitrogen and oxygen atoms in total. The molecule has 0 N–H and O–H groups in total. The summed E-state index contributed by atoms with van der Waals surface area (Å²) in [6.45, 7) is 2.13. The van der Waals surface area contributed by atoms with Crippen LogP contribution in [0.2, 0.25) is 6.32 Å². The fourth-order valence-corrected chi connectivity index (χ4v) is 0.204. The Morgan fingerprint density at radius 3 is 2.17 bits per heavy atom. The predicted molar refractivity (Wildman–Crippen MR) is 28.8 cm³/mol. The van der Waals surface area contributed by atoms with Crippen molar-refractivity contribution in [3.05, 3.63) is 0 Å². The van der Waals surface area contributed by atoms with E-state index in [4.69, 9.17) is 7.85 Å². The Kier molecular flexibility index (Phi) is 15.0. The maximum absolute atomic E-state index is 5.14. The number of rotatable bonds is 2. The molecule has 0 aromatic rings. The molecular weight excluding hydrogens is 65.8 g/mol. The first-order valence-corrected chi connectivity index (χ1v) is 2.12. The summed E-state index contributed by atoms with van der Waals surface area (Å²) < 4.78 is 0. The smallest absolute Gasteiger partial charge is 1.00 e. The predicted octanol–water partition coefficient (Wildman–Crippen LogP) is -1.29. The summed E-state index contributed by atoms with van der Waals surface area (Å²) in [5, 5.41) is 0. The Morgan fingerprint density at radius 1 is 1.67 bits per heavy atom. The molecule has 0 saturated carbocycles. The third-order valence-corrected chi connectivity index (χ3v) is 0.558. The Bertz CT molecular complexity index is 23.3. The quantitative estimate of drug-likeness (QED) is 0.360. The van der Waals surface area contributed by atoms with Crippen molar-refractivity contribution in [1.82, 2.24) is 0 Å².